The number of nitrogens with zero attached hydrogens (tertiary/aromatic N) is 1. The van der Waals surface area contributed by atoms with Gasteiger partial charge in [0, 0.05) is 22.6 Å². The summed E-state index contributed by atoms with van der Waals surface area (Å²) >= 11 is 0. The Bertz CT molecular complexity index is 553. The molecule has 1 aromatic heterocycles. The lowest BCUT2D eigenvalue weighted by atomic mass is 10.0. The van der Waals surface area contributed by atoms with Gasteiger partial charge >= 0.3 is 0 Å². The van der Waals surface area contributed by atoms with Crippen LogP contribution < -0.4 is 4.73 Å². The molecule has 6 nitrogen and oxygen atoms in total. The van der Waals surface area contributed by atoms with Gasteiger partial charge in [-0.1, -0.05) is 0 Å². The second-order valence-electron chi connectivity index (χ2n) is 3.66. The molecule has 0 aliphatic rings. The zero-order chi connectivity index (χ0) is 12.6. The van der Waals surface area contributed by atoms with Crippen LogP contribution in [-0.4, -0.2) is 20.4 Å². The maximum atomic E-state index is 11.1. The quantitative estimate of drug-likeness (QED) is 0.318. The smallest absolute Gasteiger partial charge is 0.188 e. The number of aliphatic hydroxyl groups is 4. The lowest BCUT2D eigenvalue weighted by Crippen LogP contribution is -2.23. The normalized spacial score (nSPS) is 11.6. The molecule has 1 aromatic carbocycles. The van der Waals surface area contributed by atoms with Crippen LogP contribution >= 0.6 is 0 Å². The first-order valence-electron chi connectivity index (χ1n) is 4.87. The molecule has 0 saturated heterocycles. The van der Waals surface area contributed by atoms with Gasteiger partial charge < -0.3 is 25.6 Å². The molecule has 0 atom stereocenters. The summed E-state index contributed by atoms with van der Waals surface area (Å²) in [6, 6.07) is 4.24. The first kappa shape index (κ1) is 11.7. The van der Waals surface area contributed by atoms with Gasteiger partial charge in [-0.3, -0.25) is 0 Å². The average molecular weight is 237 g/mol. The molecule has 0 aliphatic heterocycles. The standard InChI is InChI=1S/C11H11NO5/c13-10(14)8-3-6-1-2-12(17)5-7(6)4-9(8)11(15)16/h1-5,10-11,13-16H. The van der Waals surface area contributed by atoms with Crippen molar-refractivity contribution in [1.82, 2.24) is 0 Å². The molecule has 0 aliphatic carbocycles. The van der Waals surface area contributed by atoms with Crippen LogP contribution in [0.2, 0.25) is 0 Å². The van der Waals surface area contributed by atoms with E-state index in [9.17, 15) is 5.21 Å². The highest BCUT2D eigenvalue weighted by molar-refractivity contribution is 5.82. The molecule has 0 radical (unpaired) electrons. The van der Waals surface area contributed by atoms with Crippen molar-refractivity contribution in [2.24, 2.45) is 0 Å². The number of pyridine rings is 1. The highest BCUT2D eigenvalue weighted by Crippen LogP contribution is 2.26. The van der Waals surface area contributed by atoms with E-state index in [1.54, 1.807) is 0 Å². The fraction of sp³-hybridized carbons (Fsp3) is 0.182. The molecule has 0 unspecified atom stereocenters. The largest absolute Gasteiger partial charge is 0.619 e. The molecule has 90 valence electrons. The van der Waals surface area contributed by atoms with E-state index in [1.165, 1.54) is 30.6 Å². The molecule has 0 saturated carbocycles. The Morgan fingerprint density at radius 2 is 1.47 bits per heavy atom. The minimum Gasteiger partial charge on any atom is -0.619 e. The van der Waals surface area contributed by atoms with Gasteiger partial charge in [0.15, 0.2) is 25.0 Å². The summed E-state index contributed by atoms with van der Waals surface area (Å²) in [5, 5.41) is 48.7. The van der Waals surface area contributed by atoms with Crippen LogP contribution in [0.3, 0.4) is 0 Å². The predicted molar refractivity (Wildman–Crippen MR) is 57.3 cm³/mol. The van der Waals surface area contributed by atoms with Crippen molar-refractivity contribution in [3.63, 3.8) is 0 Å². The van der Waals surface area contributed by atoms with Gasteiger partial charge in [0.25, 0.3) is 0 Å². The second kappa shape index (κ2) is 4.27. The van der Waals surface area contributed by atoms with E-state index in [0.717, 1.165) is 0 Å². The van der Waals surface area contributed by atoms with Crippen molar-refractivity contribution >= 4 is 10.8 Å². The van der Waals surface area contributed by atoms with Crippen LogP contribution in [0.1, 0.15) is 23.7 Å². The Labute approximate surface area is 96.2 Å². The molecule has 0 fully saturated rings. The van der Waals surface area contributed by atoms with Crippen LogP contribution in [0.5, 0.6) is 0 Å². The molecule has 17 heavy (non-hydrogen) atoms. The third-order valence-corrected chi connectivity index (χ3v) is 2.51. The van der Waals surface area contributed by atoms with E-state index in [-0.39, 0.29) is 11.1 Å². The van der Waals surface area contributed by atoms with E-state index in [4.69, 9.17) is 20.4 Å². The predicted octanol–water partition coefficient (Wildman–Crippen LogP) is -0.560. The van der Waals surface area contributed by atoms with Crippen LogP contribution in [0, 0.1) is 5.21 Å². The Hall–Kier alpha value is -1.73. The summed E-state index contributed by atoms with van der Waals surface area (Å²) in [5.41, 5.74) is -0.0464. The first-order valence-corrected chi connectivity index (χ1v) is 4.87. The fourth-order valence-corrected chi connectivity index (χ4v) is 1.71. The van der Waals surface area contributed by atoms with E-state index in [1.807, 2.05) is 0 Å². The Kier molecular flexibility index (Phi) is 2.95. The Morgan fingerprint density at radius 3 is 2.00 bits per heavy atom. The van der Waals surface area contributed by atoms with Gasteiger partial charge in [0.1, 0.15) is 0 Å². The van der Waals surface area contributed by atoms with Gasteiger partial charge in [-0.2, -0.15) is 4.73 Å². The van der Waals surface area contributed by atoms with Gasteiger partial charge in [-0.15, -0.1) is 0 Å². The highest BCUT2D eigenvalue weighted by Gasteiger charge is 2.16. The number of fused-ring (bicyclic) bond motifs is 1. The van der Waals surface area contributed by atoms with Crippen molar-refractivity contribution in [3.8, 4) is 0 Å². The topological polar surface area (TPSA) is 108 Å². The van der Waals surface area contributed by atoms with Crippen LogP contribution in [0.25, 0.3) is 10.8 Å². The average Bonchev–Trinajstić information content (AvgIpc) is 2.26. The summed E-state index contributed by atoms with van der Waals surface area (Å²) in [4.78, 5) is 0. The third kappa shape index (κ3) is 2.20. The number of benzene rings is 1. The number of rotatable bonds is 2. The van der Waals surface area contributed by atoms with E-state index < -0.39 is 12.6 Å². The Morgan fingerprint density at radius 1 is 0.941 bits per heavy atom. The molecule has 1 heterocycles. The number of aliphatic hydroxyl groups excluding tert-OH is 2. The SMILES string of the molecule is [O-][n+]1ccc2cc(C(O)O)c(C(O)O)cc2c1. The van der Waals surface area contributed by atoms with Crippen molar-refractivity contribution in [3.05, 3.63) is 46.9 Å². The third-order valence-electron chi connectivity index (χ3n) is 2.51. The van der Waals surface area contributed by atoms with Gasteiger partial charge in [-0.05, 0) is 17.5 Å². The fourth-order valence-electron chi connectivity index (χ4n) is 1.71. The van der Waals surface area contributed by atoms with Gasteiger partial charge in [0.05, 0.1) is 0 Å². The summed E-state index contributed by atoms with van der Waals surface area (Å²) in [6.45, 7) is 0. The maximum absolute atomic E-state index is 11.1. The van der Waals surface area contributed by atoms with Crippen molar-refractivity contribution in [1.29, 1.82) is 0 Å². The van der Waals surface area contributed by atoms with Crippen LogP contribution in [0.4, 0.5) is 0 Å². The molecule has 2 rings (SSSR count). The zero-order valence-corrected chi connectivity index (χ0v) is 8.69. The van der Waals surface area contributed by atoms with Gasteiger partial charge in [0.2, 0.25) is 0 Å². The molecular weight excluding hydrogens is 226 g/mol. The lowest BCUT2D eigenvalue weighted by molar-refractivity contribution is -0.603. The highest BCUT2D eigenvalue weighted by atomic mass is 16.5. The minimum absolute atomic E-state index is 0.00357. The summed E-state index contributed by atoms with van der Waals surface area (Å²) < 4.78 is 0.574. The minimum atomic E-state index is -1.84. The summed E-state index contributed by atoms with van der Waals surface area (Å²) in [5.74, 6) is 0. The second-order valence-corrected chi connectivity index (χ2v) is 3.66. The molecule has 6 heteroatoms. The Balaban J connectivity index is 2.72. The van der Waals surface area contributed by atoms with Crippen molar-refractivity contribution in [2.75, 3.05) is 0 Å². The molecular formula is C11H11NO5. The maximum Gasteiger partial charge on any atom is 0.188 e. The monoisotopic (exact) mass is 237 g/mol. The van der Waals surface area contributed by atoms with Gasteiger partial charge in [-0.25, -0.2) is 0 Å². The molecule has 0 bridgehead atoms. The van der Waals surface area contributed by atoms with Crippen LogP contribution in [0.15, 0.2) is 30.6 Å². The van der Waals surface area contributed by atoms with Crippen molar-refractivity contribution < 1.29 is 25.2 Å². The van der Waals surface area contributed by atoms with E-state index in [2.05, 4.69) is 0 Å². The first-order chi connectivity index (χ1) is 7.99. The number of hydrogen-bond acceptors (Lipinski definition) is 5. The molecule has 4 N–H and O–H groups in total. The number of aromatic nitrogens is 1. The summed E-state index contributed by atoms with van der Waals surface area (Å²) in [6.07, 6.45) is -1.12. The zero-order valence-electron chi connectivity index (χ0n) is 8.69. The molecule has 0 amide bonds. The summed E-state index contributed by atoms with van der Waals surface area (Å²) in [7, 11) is 0. The van der Waals surface area contributed by atoms with Crippen LogP contribution in [-0.2, 0) is 0 Å². The number of hydrogen-bond donors (Lipinski definition) is 4. The lowest BCUT2D eigenvalue weighted by Gasteiger charge is -2.14. The van der Waals surface area contributed by atoms with Crippen molar-refractivity contribution in [2.45, 2.75) is 12.6 Å². The molecule has 2 aromatic rings. The van der Waals surface area contributed by atoms with E-state index >= 15 is 0 Å². The van der Waals surface area contributed by atoms with E-state index in [0.29, 0.717) is 15.5 Å². The molecule has 0 spiro atoms.